The average Bonchev–Trinajstić information content (AvgIpc) is 2.54. The molecule has 1 aliphatic rings. The zero-order valence-corrected chi connectivity index (χ0v) is 10.9. The normalized spacial score (nSPS) is 18.0. The quantitative estimate of drug-likeness (QED) is 0.822. The standard InChI is InChI=1S/C13H23N3O/c1-3-16-13(12(14)10(2)15-16)17-11-8-6-4-5-7-9-11/h11H,3-9,14H2,1-2H3. The highest BCUT2D eigenvalue weighted by Gasteiger charge is 2.19. The summed E-state index contributed by atoms with van der Waals surface area (Å²) in [5, 5.41) is 4.38. The van der Waals surface area contributed by atoms with Gasteiger partial charge in [-0.05, 0) is 39.5 Å². The van der Waals surface area contributed by atoms with Crippen molar-refractivity contribution >= 4 is 5.69 Å². The van der Waals surface area contributed by atoms with Crippen molar-refractivity contribution in [1.29, 1.82) is 0 Å². The highest BCUT2D eigenvalue weighted by Crippen LogP contribution is 2.29. The fourth-order valence-electron chi connectivity index (χ4n) is 2.43. The molecule has 4 nitrogen and oxygen atoms in total. The van der Waals surface area contributed by atoms with Crippen LogP contribution in [0.4, 0.5) is 5.69 Å². The minimum absolute atomic E-state index is 0.321. The Morgan fingerprint density at radius 1 is 1.29 bits per heavy atom. The molecular weight excluding hydrogens is 214 g/mol. The largest absolute Gasteiger partial charge is 0.473 e. The van der Waals surface area contributed by atoms with Gasteiger partial charge in [0.1, 0.15) is 11.8 Å². The molecule has 0 unspecified atom stereocenters. The van der Waals surface area contributed by atoms with Crippen molar-refractivity contribution in [3.63, 3.8) is 0 Å². The number of aromatic nitrogens is 2. The van der Waals surface area contributed by atoms with Gasteiger partial charge in [0, 0.05) is 6.54 Å². The molecule has 96 valence electrons. The molecule has 1 heterocycles. The van der Waals surface area contributed by atoms with Crippen LogP contribution >= 0.6 is 0 Å². The van der Waals surface area contributed by atoms with Crippen LogP contribution in [0.25, 0.3) is 0 Å². The molecule has 0 saturated heterocycles. The molecule has 17 heavy (non-hydrogen) atoms. The van der Waals surface area contributed by atoms with Gasteiger partial charge in [0.15, 0.2) is 0 Å². The van der Waals surface area contributed by atoms with Crippen molar-refractivity contribution in [2.45, 2.75) is 65.0 Å². The van der Waals surface area contributed by atoms with Gasteiger partial charge in [0.2, 0.25) is 5.88 Å². The first-order chi connectivity index (χ1) is 8.22. The molecule has 0 spiro atoms. The van der Waals surface area contributed by atoms with E-state index in [9.17, 15) is 0 Å². The van der Waals surface area contributed by atoms with Gasteiger partial charge in [-0.15, -0.1) is 0 Å². The van der Waals surface area contributed by atoms with E-state index in [1.165, 1.54) is 25.7 Å². The number of hydrogen-bond acceptors (Lipinski definition) is 3. The summed E-state index contributed by atoms with van der Waals surface area (Å²) in [5.74, 6) is 0.775. The first-order valence-electron chi connectivity index (χ1n) is 6.72. The Labute approximate surface area is 103 Å². The molecule has 0 aromatic carbocycles. The number of rotatable bonds is 3. The Balaban J connectivity index is 2.11. The summed E-state index contributed by atoms with van der Waals surface area (Å²) in [6.07, 6.45) is 7.82. The number of anilines is 1. The topological polar surface area (TPSA) is 53.1 Å². The predicted octanol–water partition coefficient (Wildman–Crippen LogP) is 2.90. The van der Waals surface area contributed by atoms with E-state index < -0.39 is 0 Å². The number of hydrogen-bond donors (Lipinski definition) is 1. The fraction of sp³-hybridized carbons (Fsp3) is 0.769. The maximum atomic E-state index is 6.08. The lowest BCUT2D eigenvalue weighted by molar-refractivity contribution is 0.167. The lowest BCUT2D eigenvalue weighted by Crippen LogP contribution is -2.18. The summed E-state index contributed by atoms with van der Waals surface area (Å²) < 4.78 is 7.95. The molecule has 0 bridgehead atoms. The van der Waals surface area contributed by atoms with E-state index in [0.29, 0.717) is 11.8 Å². The number of nitrogens with zero attached hydrogens (tertiary/aromatic N) is 2. The first-order valence-corrected chi connectivity index (χ1v) is 6.72. The molecule has 2 N–H and O–H groups in total. The summed E-state index contributed by atoms with van der Waals surface area (Å²) in [5.41, 5.74) is 7.60. The summed E-state index contributed by atoms with van der Waals surface area (Å²) in [6.45, 7) is 4.80. The maximum absolute atomic E-state index is 6.08. The van der Waals surface area contributed by atoms with Crippen molar-refractivity contribution in [3.05, 3.63) is 5.69 Å². The molecule has 0 radical (unpaired) electrons. The Morgan fingerprint density at radius 2 is 1.94 bits per heavy atom. The summed E-state index contributed by atoms with van der Waals surface area (Å²) in [6, 6.07) is 0. The highest BCUT2D eigenvalue weighted by molar-refractivity contribution is 5.52. The van der Waals surface area contributed by atoms with Crippen LogP contribution in [-0.4, -0.2) is 15.9 Å². The highest BCUT2D eigenvalue weighted by atomic mass is 16.5. The second-order valence-electron chi connectivity index (χ2n) is 4.85. The average molecular weight is 237 g/mol. The second-order valence-corrected chi connectivity index (χ2v) is 4.85. The molecule has 2 rings (SSSR count). The van der Waals surface area contributed by atoms with E-state index in [0.717, 1.165) is 31.0 Å². The zero-order chi connectivity index (χ0) is 12.3. The fourth-order valence-corrected chi connectivity index (χ4v) is 2.43. The molecule has 1 aromatic heterocycles. The van der Waals surface area contributed by atoms with Gasteiger partial charge in [-0.3, -0.25) is 0 Å². The van der Waals surface area contributed by atoms with Crippen molar-refractivity contribution in [2.24, 2.45) is 0 Å². The molecule has 1 fully saturated rings. The van der Waals surface area contributed by atoms with Crippen molar-refractivity contribution < 1.29 is 4.74 Å². The van der Waals surface area contributed by atoms with E-state index in [1.807, 2.05) is 11.6 Å². The molecular formula is C13H23N3O. The van der Waals surface area contributed by atoms with Crippen LogP contribution in [-0.2, 0) is 6.54 Å². The third kappa shape index (κ3) is 2.73. The van der Waals surface area contributed by atoms with Crippen LogP contribution in [0.1, 0.15) is 51.1 Å². The minimum Gasteiger partial charge on any atom is -0.473 e. The second kappa shape index (κ2) is 5.43. The van der Waals surface area contributed by atoms with Crippen molar-refractivity contribution in [3.8, 4) is 5.88 Å². The van der Waals surface area contributed by atoms with Gasteiger partial charge < -0.3 is 10.5 Å². The van der Waals surface area contributed by atoms with Gasteiger partial charge in [-0.25, -0.2) is 4.68 Å². The third-order valence-corrected chi connectivity index (χ3v) is 3.51. The maximum Gasteiger partial charge on any atom is 0.236 e. The van der Waals surface area contributed by atoms with Crippen LogP contribution in [0.2, 0.25) is 0 Å². The molecule has 0 amide bonds. The van der Waals surface area contributed by atoms with Gasteiger partial charge >= 0.3 is 0 Å². The summed E-state index contributed by atoms with van der Waals surface area (Å²) >= 11 is 0. The van der Waals surface area contributed by atoms with E-state index in [1.54, 1.807) is 0 Å². The van der Waals surface area contributed by atoms with Crippen molar-refractivity contribution in [2.75, 3.05) is 5.73 Å². The van der Waals surface area contributed by atoms with E-state index in [-0.39, 0.29) is 0 Å². The van der Waals surface area contributed by atoms with Crippen molar-refractivity contribution in [1.82, 2.24) is 9.78 Å². The summed E-state index contributed by atoms with van der Waals surface area (Å²) in [7, 11) is 0. The van der Waals surface area contributed by atoms with E-state index in [2.05, 4.69) is 12.0 Å². The smallest absolute Gasteiger partial charge is 0.236 e. The van der Waals surface area contributed by atoms with E-state index >= 15 is 0 Å². The van der Waals surface area contributed by atoms with Crippen LogP contribution in [0.5, 0.6) is 5.88 Å². The molecule has 1 saturated carbocycles. The Kier molecular flexibility index (Phi) is 3.92. The van der Waals surface area contributed by atoms with E-state index in [4.69, 9.17) is 10.5 Å². The van der Waals surface area contributed by atoms with Crippen LogP contribution in [0, 0.1) is 6.92 Å². The lowest BCUT2D eigenvalue weighted by atomic mass is 10.1. The van der Waals surface area contributed by atoms with Gasteiger partial charge in [0.25, 0.3) is 0 Å². The van der Waals surface area contributed by atoms with Crippen LogP contribution in [0.15, 0.2) is 0 Å². The molecule has 4 heteroatoms. The van der Waals surface area contributed by atoms with Gasteiger partial charge in [-0.1, -0.05) is 12.8 Å². The summed E-state index contributed by atoms with van der Waals surface area (Å²) in [4.78, 5) is 0. The zero-order valence-electron chi connectivity index (χ0n) is 10.9. The van der Waals surface area contributed by atoms with Gasteiger partial charge in [0.05, 0.1) is 5.69 Å². The monoisotopic (exact) mass is 237 g/mol. The van der Waals surface area contributed by atoms with Gasteiger partial charge in [-0.2, -0.15) is 5.10 Å². The Hall–Kier alpha value is -1.19. The van der Waals surface area contributed by atoms with Crippen LogP contribution in [0.3, 0.4) is 0 Å². The molecule has 1 aromatic rings. The Morgan fingerprint density at radius 3 is 2.53 bits per heavy atom. The third-order valence-electron chi connectivity index (χ3n) is 3.51. The first kappa shape index (κ1) is 12.3. The number of nitrogens with two attached hydrogens (primary N) is 1. The molecule has 0 atom stereocenters. The SMILES string of the molecule is CCn1nc(C)c(N)c1OC1CCCCCC1. The Bertz CT molecular complexity index is 365. The minimum atomic E-state index is 0.321. The number of nitrogen functional groups attached to an aromatic ring is 1. The molecule has 0 aliphatic heterocycles. The predicted molar refractivity (Wildman–Crippen MR) is 69.2 cm³/mol. The lowest BCUT2D eigenvalue weighted by Gasteiger charge is -2.17. The number of ether oxygens (including phenoxy) is 1. The molecule has 1 aliphatic carbocycles. The number of aryl methyl sites for hydroxylation is 2. The van der Waals surface area contributed by atoms with Crippen LogP contribution < -0.4 is 10.5 Å².